The molecule has 1 aromatic heterocycles. The number of amides is 2. The fraction of sp³-hybridized carbons (Fsp3) is 0.577. The number of para-hydroxylation sites is 1. The average Bonchev–Trinajstić information content (AvgIpc) is 3.25. The Balaban J connectivity index is 1.45. The highest BCUT2D eigenvalue weighted by atomic mass is 16.5. The first kappa shape index (κ1) is 24.3. The molecule has 2 N–H and O–H groups in total. The average molecular weight is 468 g/mol. The van der Waals surface area contributed by atoms with Crippen molar-refractivity contribution in [2.24, 2.45) is 12.5 Å². The van der Waals surface area contributed by atoms with Crippen LogP contribution < -0.4 is 15.4 Å². The molecule has 1 fully saturated rings. The number of nitrogens with zero attached hydrogens (tertiary/aromatic N) is 3. The number of carbonyl (C=O) groups is 2. The molecule has 8 heteroatoms. The van der Waals surface area contributed by atoms with E-state index in [-0.39, 0.29) is 11.8 Å². The van der Waals surface area contributed by atoms with Crippen LogP contribution in [0.15, 0.2) is 36.8 Å². The Hall–Kier alpha value is -2.87. The quantitative estimate of drug-likeness (QED) is 0.708. The molecule has 1 spiro atoms. The molecule has 3 heterocycles. The third-order valence-corrected chi connectivity index (χ3v) is 7.16. The lowest BCUT2D eigenvalue weighted by atomic mass is 9.73. The number of hydrogen-bond acceptors (Lipinski definition) is 5. The second-order valence-electron chi connectivity index (χ2n) is 9.74. The third-order valence-electron chi connectivity index (χ3n) is 7.16. The summed E-state index contributed by atoms with van der Waals surface area (Å²) in [7, 11) is 1.98. The molecule has 1 atom stereocenters. The Morgan fingerprint density at radius 1 is 1.15 bits per heavy atom. The molecule has 0 unspecified atom stereocenters. The van der Waals surface area contributed by atoms with Gasteiger partial charge in [0.1, 0.15) is 18.4 Å². The highest BCUT2D eigenvalue weighted by Crippen LogP contribution is 2.38. The zero-order valence-electron chi connectivity index (χ0n) is 20.4. The highest BCUT2D eigenvalue weighted by Gasteiger charge is 2.41. The fourth-order valence-electron chi connectivity index (χ4n) is 5.04. The molecular weight excluding hydrogens is 430 g/mol. The fourth-order valence-corrected chi connectivity index (χ4v) is 5.04. The van der Waals surface area contributed by atoms with E-state index in [1.807, 2.05) is 42.3 Å². The molecule has 2 aliphatic heterocycles. The lowest BCUT2D eigenvalue weighted by Crippen LogP contribution is -2.53. The van der Waals surface area contributed by atoms with Gasteiger partial charge >= 0.3 is 0 Å². The summed E-state index contributed by atoms with van der Waals surface area (Å²) >= 11 is 0. The molecule has 4 rings (SSSR count). The van der Waals surface area contributed by atoms with Gasteiger partial charge in [-0.05, 0) is 63.7 Å². The molecule has 2 aliphatic rings. The van der Waals surface area contributed by atoms with E-state index in [0.29, 0.717) is 13.2 Å². The van der Waals surface area contributed by atoms with E-state index in [1.54, 1.807) is 6.92 Å². The number of imidazole rings is 1. The van der Waals surface area contributed by atoms with Crippen LogP contribution in [0.4, 0.5) is 0 Å². The van der Waals surface area contributed by atoms with Crippen LogP contribution >= 0.6 is 0 Å². The lowest BCUT2D eigenvalue weighted by Gasteiger charge is -2.41. The second-order valence-corrected chi connectivity index (χ2v) is 9.74. The topological polar surface area (TPSA) is 88.5 Å². The van der Waals surface area contributed by atoms with Gasteiger partial charge in [-0.1, -0.05) is 24.6 Å². The minimum atomic E-state index is -0.576. The number of nitrogens with one attached hydrogen (secondary N) is 2. The summed E-state index contributed by atoms with van der Waals surface area (Å²) in [6.45, 7) is 5.06. The Bertz CT molecular complexity index is 980. The van der Waals surface area contributed by atoms with Crippen molar-refractivity contribution in [2.45, 2.75) is 58.0 Å². The van der Waals surface area contributed by atoms with E-state index in [2.05, 4.69) is 26.6 Å². The number of fused-ring (bicyclic) bond motifs is 1. The number of benzene rings is 1. The predicted molar refractivity (Wildman–Crippen MR) is 130 cm³/mol. The van der Waals surface area contributed by atoms with Crippen LogP contribution in [0, 0.1) is 5.41 Å². The molecule has 0 bridgehead atoms. The molecule has 1 aromatic carbocycles. The summed E-state index contributed by atoms with van der Waals surface area (Å²) in [6.07, 6.45) is 9.16. The van der Waals surface area contributed by atoms with Crippen LogP contribution in [-0.4, -0.2) is 58.5 Å². The number of aromatic nitrogens is 2. The molecule has 2 amide bonds. The van der Waals surface area contributed by atoms with E-state index in [4.69, 9.17) is 4.74 Å². The number of aryl methyl sites for hydroxylation is 2. The third kappa shape index (κ3) is 5.97. The molecule has 8 nitrogen and oxygen atoms in total. The van der Waals surface area contributed by atoms with Gasteiger partial charge in [-0.2, -0.15) is 0 Å². The largest absolute Gasteiger partial charge is 0.491 e. The Kier molecular flexibility index (Phi) is 7.88. The Labute approximate surface area is 202 Å². The van der Waals surface area contributed by atoms with Crippen molar-refractivity contribution in [3.05, 3.63) is 48.0 Å². The van der Waals surface area contributed by atoms with E-state index >= 15 is 0 Å². The number of rotatable bonds is 2. The van der Waals surface area contributed by atoms with Crippen LogP contribution in [0.5, 0.6) is 5.75 Å². The SMILES string of the molecule is C[C@@H]1NC(=O)C2(CCCCc3ccccc3OCCNC1=O)CCN(Cc1cn(C)cn1)CC2. The van der Waals surface area contributed by atoms with E-state index in [9.17, 15) is 9.59 Å². The smallest absolute Gasteiger partial charge is 0.242 e. The van der Waals surface area contributed by atoms with Crippen molar-refractivity contribution in [1.29, 1.82) is 0 Å². The molecule has 34 heavy (non-hydrogen) atoms. The lowest BCUT2D eigenvalue weighted by molar-refractivity contribution is -0.138. The maximum atomic E-state index is 13.5. The van der Waals surface area contributed by atoms with Crippen LogP contribution in [0.1, 0.15) is 50.3 Å². The van der Waals surface area contributed by atoms with Crippen molar-refractivity contribution in [1.82, 2.24) is 25.1 Å². The van der Waals surface area contributed by atoms with Gasteiger partial charge in [-0.25, -0.2) is 4.98 Å². The molecule has 0 radical (unpaired) electrons. The number of likely N-dealkylation sites (tertiary alicyclic amines) is 1. The van der Waals surface area contributed by atoms with Gasteiger partial charge in [-0.3, -0.25) is 14.5 Å². The monoisotopic (exact) mass is 467 g/mol. The first-order chi connectivity index (χ1) is 16.4. The summed E-state index contributed by atoms with van der Waals surface area (Å²) in [6, 6.07) is 7.53. The van der Waals surface area contributed by atoms with Crippen molar-refractivity contribution < 1.29 is 14.3 Å². The first-order valence-electron chi connectivity index (χ1n) is 12.4. The number of piperidine rings is 1. The van der Waals surface area contributed by atoms with Gasteiger partial charge in [0.15, 0.2) is 0 Å². The predicted octanol–water partition coefficient (Wildman–Crippen LogP) is 2.43. The Morgan fingerprint density at radius 2 is 1.94 bits per heavy atom. The molecule has 0 aliphatic carbocycles. The molecular formula is C26H37N5O3. The Morgan fingerprint density at radius 3 is 2.71 bits per heavy atom. The number of carbonyl (C=O) groups excluding carboxylic acids is 2. The molecule has 184 valence electrons. The van der Waals surface area contributed by atoms with Crippen LogP contribution in [0.3, 0.4) is 0 Å². The summed E-state index contributed by atoms with van der Waals surface area (Å²) in [5.74, 6) is 0.716. The second kappa shape index (κ2) is 11.0. The van der Waals surface area contributed by atoms with Crippen molar-refractivity contribution in [2.75, 3.05) is 26.2 Å². The molecule has 0 saturated carbocycles. The first-order valence-corrected chi connectivity index (χ1v) is 12.4. The summed E-state index contributed by atoms with van der Waals surface area (Å²) < 4.78 is 7.89. The van der Waals surface area contributed by atoms with Crippen molar-refractivity contribution in [3.8, 4) is 5.75 Å². The van der Waals surface area contributed by atoms with Crippen molar-refractivity contribution in [3.63, 3.8) is 0 Å². The summed E-state index contributed by atoms with van der Waals surface area (Å²) in [5.41, 5.74) is 1.79. The van der Waals surface area contributed by atoms with E-state index in [1.165, 1.54) is 5.56 Å². The highest BCUT2D eigenvalue weighted by molar-refractivity contribution is 5.90. The minimum Gasteiger partial charge on any atom is -0.491 e. The van der Waals surface area contributed by atoms with E-state index in [0.717, 1.165) is 69.6 Å². The zero-order chi connectivity index (χ0) is 24.0. The normalized spacial score (nSPS) is 22.6. The maximum Gasteiger partial charge on any atom is 0.242 e. The number of ether oxygens (including phenoxy) is 1. The minimum absolute atomic E-state index is 0.0131. The van der Waals surface area contributed by atoms with Crippen molar-refractivity contribution >= 4 is 11.8 Å². The molecule has 1 saturated heterocycles. The van der Waals surface area contributed by atoms with Gasteiger partial charge in [-0.15, -0.1) is 0 Å². The van der Waals surface area contributed by atoms with Crippen LogP contribution in [0.25, 0.3) is 0 Å². The summed E-state index contributed by atoms with van der Waals surface area (Å²) in [4.78, 5) is 32.9. The van der Waals surface area contributed by atoms with Gasteiger partial charge in [0, 0.05) is 19.8 Å². The maximum absolute atomic E-state index is 13.5. The van der Waals surface area contributed by atoms with Gasteiger partial charge in [0.2, 0.25) is 11.8 Å². The van der Waals surface area contributed by atoms with Crippen LogP contribution in [0.2, 0.25) is 0 Å². The number of hydrogen-bond donors (Lipinski definition) is 2. The van der Waals surface area contributed by atoms with E-state index < -0.39 is 11.5 Å². The van der Waals surface area contributed by atoms with Crippen LogP contribution in [-0.2, 0) is 29.6 Å². The van der Waals surface area contributed by atoms with Gasteiger partial charge < -0.3 is 19.9 Å². The molecule has 2 aromatic rings. The standard InChI is InChI=1S/C26H37N5O3/c1-20-24(32)27-13-16-34-23-9-4-3-7-21(23)8-5-6-10-26(25(33)29-20)11-14-31(15-12-26)18-22-17-30(2)19-28-22/h3-4,7,9,17,19-20H,5-6,8,10-16,18H2,1-2H3,(H,27,32)(H,29,33)/t20-/m0/s1. The zero-order valence-corrected chi connectivity index (χ0v) is 20.4. The van der Waals surface area contributed by atoms with Gasteiger partial charge in [0.05, 0.1) is 24.0 Å². The van der Waals surface area contributed by atoms with Gasteiger partial charge in [0.25, 0.3) is 0 Å². The summed E-state index contributed by atoms with van der Waals surface area (Å²) in [5, 5.41) is 5.90.